The first kappa shape index (κ1) is 9.66. The van der Waals surface area contributed by atoms with E-state index < -0.39 is 0 Å². The van der Waals surface area contributed by atoms with Crippen LogP contribution in [0.3, 0.4) is 0 Å². The van der Waals surface area contributed by atoms with Gasteiger partial charge in [0.2, 0.25) is 0 Å². The highest BCUT2D eigenvalue weighted by molar-refractivity contribution is 4.67. The van der Waals surface area contributed by atoms with E-state index in [1.165, 1.54) is 0 Å². The van der Waals surface area contributed by atoms with Gasteiger partial charge in [-0.15, -0.1) is 6.58 Å². The third-order valence-electron chi connectivity index (χ3n) is 1.54. The minimum Gasteiger partial charge on any atom is -0.396 e. The Morgan fingerprint density at radius 1 is 1.30 bits per heavy atom. The summed E-state index contributed by atoms with van der Waals surface area (Å²) in [7, 11) is 0. The van der Waals surface area contributed by atoms with E-state index in [2.05, 4.69) is 6.58 Å². The van der Waals surface area contributed by atoms with Gasteiger partial charge in [-0.3, -0.25) is 0 Å². The van der Waals surface area contributed by atoms with Crippen LogP contribution in [0.2, 0.25) is 0 Å². The topological polar surface area (TPSA) is 40.5 Å². The van der Waals surface area contributed by atoms with Crippen LogP contribution in [0, 0.1) is 5.92 Å². The first-order chi connectivity index (χ1) is 4.85. The maximum absolute atomic E-state index is 8.64. The SMILES string of the molecule is C=CCCCC(CO)CO. The molecule has 0 aliphatic heterocycles. The van der Waals surface area contributed by atoms with Crippen LogP contribution in [0.15, 0.2) is 12.7 Å². The van der Waals surface area contributed by atoms with Crippen LogP contribution in [0.4, 0.5) is 0 Å². The number of aliphatic hydroxyl groups excluding tert-OH is 2. The van der Waals surface area contributed by atoms with Crippen molar-refractivity contribution in [3.63, 3.8) is 0 Å². The number of allylic oxidation sites excluding steroid dienone is 1. The van der Waals surface area contributed by atoms with Gasteiger partial charge in [-0.1, -0.05) is 6.08 Å². The number of rotatable bonds is 6. The lowest BCUT2D eigenvalue weighted by Crippen LogP contribution is -2.10. The van der Waals surface area contributed by atoms with Gasteiger partial charge in [-0.25, -0.2) is 0 Å². The normalized spacial score (nSPS) is 10.3. The van der Waals surface area contributed by atoms with Gasteiger partial charge in [-0.05, 0) is 19.3 Å². The summed E-state index contributed by atoms with van der Waals surface area (Å²) in [6.07, 6.45) is 4.72. The van der Waals surface area contributed by atoms with Crippen molar-refractivity contribution < 1.29 is 10.2 Å². The zero-order valence-corrected chi connectivity index (χ0v) is 6.29. The summed E-state index contributed by atoms with van der Waals surface area (Å²) >= 11 is 0. The average molecular weight is 144 g/mol. The summed E-state index contributed by atoms with van der Waals surface area (Å²) in [6.45, 7) is 3.77. The van der Waals surface area contributed by atoms with Crippen molar-refractivity contribution >= 4 is 0 Å². The number of aliphatic hydroxyl groups is 2. The maximum atomic E-state index is 8.64. The summed E-state index contributed by atoms with van der Waals surface area (Å²) in [5.74, 6) is 0.0694. The molecule has 0 aromatic rings. The van der Waals surface area contributed by atoms with E-state index in [0.717, 1.165) is 19.3 Å². The van der Waals surface area contributed by atoms with Crippen LogP contribution < -0.4 is 0 Å². The van der Waals surface area contributed by atoms with Gasteiger partial charge in [0.15, 0.2) is 0 Å². The Morgan fingerprint density at radius 2 is 1.90 bits per heavy atom. The van der Waals surface area contributed by atoms with E-state index in [1.54, 1.807) is 0 Å². The molecule has 10 heavy (non-hydrogen) atoms. The van der Waals surface area contributed by atoms with Gasteiger partial charge < -0.3 is 10.2 Å². The summed E-state index contributed by atoms with van der Waals surface area (Å²) in [5.41, 5.74) is 0. The van der Waals surface area contributed by atoms with Gasteiger partial charge in [0, 0.05) is 19.1 Å². The lowest BCUT2D eigenvalue weighted by atomic mass is 10.0. The van der Waals surface area contributed by atoms with Gasteiger partial charge in [0.25, 0.3) is 0 Å². The number of hydrogen-bond acceptors (Lipinski definition) is 2. The van der Waals surface area contributed by atoms with Crippen LogP contribution in [0.1, 0.15) is 19.3 Å². The molecule has 0 unspecified atom stereocenters. The van der Waals surface area contributed by atoms with E-state index >= 15 is 0 Å². The fraction of sp³-hybridized carbons (Fsp3) is 0.750. The van der Waals surface area contributed by atoms with Crippen molar-refractivity contribution in [1.29, 1.82) is 0 Å². The van der Waals surface area contributed by atoms with Crippen LogP contribution in [-0.2, 0) is 0 Å². The second kappa shape index (κ2) is 6.78. The standard InChI is InChI=1S/C8H16O2/c1-2-3-4-5-8(6-9)7-10/h2,8-10H,1,3-7H2. The number of unbranched alkanes of at least 4 members (excludes halogenated alkanes) is 1. The van der Waals surface area contributed by atoms with Crippen LogP contribution in [0.5, 0.6) is 0 Å². The van der Waals surface area contributed by atoms with Crippen molar-refractivity contribution in [1.82, 2.24) is 0 Å². The van der Waals surface area contributed by atoms with E-state index in [-0.39, 0.29) is 19.1 Å². The first-order valence-corrected chi connectivity index (χ1v) is 3.67. The molecule has 60 valence electrons. The summed E-state index contributed by atoms with van der Waals surface area (Å²) in [4.78, 5) is 0. The second-order valence-electron chi connectivity index (χ2n) is 2.45. The minimum atomic E-state index is 0.0694. The molecule has 2 heteroatoms. The molecule has 0 amide bonds. The smallest absolute Gasteiger partial charge is 0.0481 e. The molecule has 0 fully saturated rings. The number of hydrogen-bond donors (Lipinski definition) is 2. The lowest BCUT2D eigenvalue weighted by molar-refractivity contribution is 0.142. The van der Waals surface area contributed by atoms with Crippen LogP contribution in [0.25, 0.3) is 0 Å². The Kier molecular flexibility index (Phi) is 6.55. The lowest BCUT2D eigenvalue weighted by Gasteiger charge is -2.08. The Labute approximate surface area is 62.2 Å². The molecule has 0 aliphatic rings. The zero-order valence-electron chi connectivity index (χ0n) is 6.29. The maximum Gasteiger partial charge on any atom is 0.0481 e. The van der Waals surface area contributed by atoms with Gasteiger partial charge in [-0.2, -0.15) is 0 Å². The highest BCUT2D eigenvalue weighted by atomic mass is 16.3. The second-order valence-corrected chi connectivity index (χ2v) is 2.45. The van der Waals surface area contributed by atoms with Gasteiger partial charge in [0.05, 0.1) is 0 Å². The average Bonchev–Trinajstić information content (AvgIpc) is 1.99. The molecule has 0 rings (SSSR count). The third kappa shape index (κ3) is 4.53. The van der Waals surface area contributed by atoms with Crippen molar-refractivity contribution in [3.8, 4) is 0 Å². The van der Waals surface area contributed by atoms with Gasteiger partial charge >= 0.3 is 0 Å². The molecule has 2 N–H and O–H groups in total. The highest BCUT2D eigenvalue weighted by Gasteiger charge is 2.03. The molecule has 0 heterocycles. The fourth-order valence-electron chi connectivity index (χ4n) is 0.791. The predicted molar refractivity (Wildman–Crippen MR) is 41.7 cm³/mol. The van der Waals surface area contributed by atoms with E-state index in [9.17, 15) is 0 Å². The van der Waals surface area contributed by atoms with Crippen molar-refractivity contribution in [2.45, 2.75) is 19.3 Å². The molecule has 0 aromatic heterocycles. The molecule has 0 saturated carbocycles. The Balaban J connectivity index is 3.16. The largest absolute Gasteiger partial charge is 0.396 e. The van der Waals surface area contributed by atoms with E-state index in [1.807, 2.05) is 6.08 Å². The molecule has 2 nitrogen and oxygen atoms in total. The van der Waals surface area contributed by atoms with Crippen LogP contribution in [-0.4, -0.2) is 23.4 Å². The van der Waals surface area contributed by atoms with Gasteiger partial charge in [0.1, 0.15) is 0 Å². The van der Waals surface area contributed by atoms with Crippen molar-refractivity contribution in [3.05, 3.63) is 12.7 Å². The van der Waals surface area contributed by atoms with E-state index in [4.69, 9.17) is 10.2 Å². The summed E-state index contributed by atoms with van der Waals surface area (Å²) in [5, 5.41) is 17.3. The molecular weight excluding hydrogens is 128 g/mol. The predicted octanol–water partition coefficient (Wildman–Crippen LogP) is 0.944. The molecule has 0 radical (unpaired) electrons. The molecule has 0 atom stereocenters. The molecule has 0 aromatic carbocycles. The van der Waals surface area contributed by atoms with Crippen molar-refractivity contribution in [2.75, 3.05) is 13.2 Å². The van der Waals surface area contributed by atoms with Crippen LogP contribution >= 0.6 is 0 Å². The molecule has 0 aliphatic carbocycles. The first-order valence-electron chi connectivity index (χ1n) is 3.67. The minimum absolute atomic E-state index is 0.0694. The Morgan fingerprint density at radius 3 is 2.30 bits per heavy atom. The monoisotopic (exact) mass is 144 g/mol. The van der Waals surface area contributed by atoms with Crippen molar-refractivity contribution in [2.24, 2.45) is 5.92 Å². The molecule has 0 spiro atoms. The summed E-state index contributed by atoms with van der Waals surface area (Å²) in [6, 6.07) is 0. The fourth-order valence-corrected chi connectivity index (χ4v) is 0.791. The molecular formula is C8H16O2. The van der Waals surface area contributed by atoms with E-state index in [0.29, 0.717) is 0 Å². The molecule has 0 saturated heterocycles. The Hall–Kier alpha value is -0.340. The molecule has 0 bridgehead atoms. The summed E-state index contributed by atoms with van der Waals surface area (Å²) < 4.78 is 0. The Bertz CT molecular complexity index is 77.3. The zero-order chi connectivity index (χ0) is 7.82. The quantitative estimate of drug-likeness (QED) is 0.430. The third-order valence-corrected chi connectivity index (χ3v) is 1.54. The highest BCUT2D eigenvalue weighted by Crippen LogP contribution is 2.06.